The van der Waals surface area contributed by atoms with Crippen LogP contribution in [0.5, 0.6) is 28.7 Å². The molecule has 7 rings (SSSR count). The molecule has 0 aliphatic heterocycles. The van der Waals surface area contributed by atoms with Crippen molar-refractivity contribution < 1.29 is 23.7 Å². The monoisotopic (exact) mass is 762 g/mol. The lowest BCUT2D eigenvalue weighted by Crippen LogP contribution is -2.02. The van der Waals surface area contributed by atoms with Crippen LogP contribution in [0.15, 0.2) is 150 Å². The summed E-state index contributed by atoms with van der Waals surface area (Å²) in [4.78, 5) is 0. The largest absolute Gasteiger partial charge is 0.497 e. The van der Waals surface area contributed by atoms with E-state index in [1.54, 1.807) is 35.5 Å². The zero-order valence-corrected chi connectivity index (χ0v) is 31.9. The lowest BCUT2D eigenvalue weighted by Gasteiger charge is -2.29. The van der Waals surface area contributed by atoms with Gasteiger partial charge in [0.05, 0.1) is 35.5 Å². The van der Waals surface area contributed by atoms with E-state index in [1.165, 1.54) is 0 Å². The van der Waals surface area contributed by atoms with E-state index in [4.69, 9.17) is 23.7 Å². The van der Waals surface area contributed by atoms with Gasteiger partial charge in [0.1, 0.15) is 28.7 Å². The molecule has 0 N–H and O–H groups in total. The first-order valence-corrected chi connectivity index (χ1v) is 18.0. The van der Waals surface area contributed by atoms with Gasteiger partial charge in [0.15, 0.2) is 0 Å². The number of hydrogen-bond donors (Lipinski definition) is 0. The van der Waals surface area contributed by atoms with Gasteiger partial charge >= 0.3 is 0 Å². The third kappa shape index (κ3) is 7.11. The fraction of sp³-hybridized carbons (Fsp3) is 0.106. The Hall–Kier alpha value is -5.98. The SMILES string of the molecule is COc1ccc(-c2c(-c3ccc(Br)cc3)c(-c3ccc(OC)cc3)c(-c3ccc(OC)cc3)c(-c3ccc(OC)cc3)c2-c2ccc(OC)cc2)cc1. The molecule has 0 spiro atoms. The highest BCUT2D eigenvalue weighted by atomic mass is 79.9. The Labute approximate surface area is 319 Å². The van der Waals surface area contributed by atoms with E-state index in [0.717, 1.165) is 100.0 Å². The van der Waals surface area contributed by atoms with Crippen LogP contribution < -0.4 is 23.7 Å². The lowest BCUT2D eigenvalue weighted by atomic mass is 9.74. The normalized spacial score (nSPS) is 10.8. The van der Waals surface area contributed by atoms with E-state index in [1.807, 2.05) is 60.7 Å². The third-order valence-corrected chi connectivity index (χ3v) is 10.1. The van der Waals surface area contributed by atoms with Crippen LogP contribution in [0.4, 0.5) is 0 Å². The zero-order valence-electron chi connectivity index (χ0n) is 30.3. The summed E-state index contributed by atoms with van der Waals surface area (Å²) < 4.78 is 29.2. The van der Waals surface area contributed by atoms with E-state index >= 15 is 0 Å². The van der Waals surface area contributed by atoms with Crippen molar-refractivity contribution in [3.8, 4) is 95.5 Å². The van der Waals surface area contributed by atoms with Crippen molar-refractivity contribution in [2.45, 2.75) is 0 Å². The summed E-state index contributed by atoms with van der Waals surface area (Å²) in [6.07, 6.45) is 0. The van der Waals surface area contributed by atoms with E-state index in [0.29, 0.717) is 0 Å². The Morgan fingerprint density at radius 3 is 0.547 bits per heavy atom. The van der Waals surface area contributed by atoms with Gasteiger partial charge in [0, 0.05) is 4.47 Å². The first kappa shape index (κ1) is 35.4. The van der Waals surface area contributed by atoms with Crippen LogP contribution in [0, 0.1) is 0 Å². The van der Waals surface area contributed by atoms with Crippen molar-refractivity contribution >= 4 is 15.9 Å². The van der Waals surface area contributed by atoms with Gasteiger partial charge in [-0.2, -0.15) is 0 Å². The van der Waals surface area contributed by atoms with Crippen LogP contribution in [0.1, 0.15) is 0 Å². The molecular weight excluding hydrogens is 724 g/mol. The van der Waals surface area contributed by atoms with E-state index in [-0.39, 0.29) is 0 Å². The molecule has 53 heavy (non-hydrogen) atoms. The van der Waals surface area contributed by atoms with Crippen LogP contribution in [0.2, 0.25) is 0 Å². The maximum absolute atomic E-state index is 5.65. The minimum atomic E-state index is 0.781. The van der Waals surface area contributed by atoms with Crippen molar-refractivity contribution in [3.63, 3.8) is 0 Å². The lowest BCUT2D eigenvalue weighted by molar-refractivity contribution is 0.414. The first-order valence-electron chi connectivity index (χ1n) is 17.2. The molecule has 0 aliphatic carbocycles. The summed E-state index contributed by atoms with van der Waals surface area (Å²) in [5.41, 5.74) is 12.7. The number of benzene rings is 7. The zero-order chi connectivity index (χ0) is 36.9. The second kappa shape index (κ2) is 15.7. The van der Waals surface area contributed by atoms with E-state index in [9.17, 15) is 0 Å². The average molecular weight is 764 g/mol. The van der Waals surface area contributed by atoms with Gasteiger partial charge < -0.3 is 23.7 Å². The Morgan fingerprint density at radius 1 is 0.245 bits per heavy atom. The molecule has 0 heterocycles. The number of rotatable bonds is 11. The summed E-state index contributed by atoms with van der Waals surface area (Å²) in [5, 5.41) is 0. The Balaban J connectivity index is 1.78. The molecule has 0 bridgehead atoms. The van der Waals surface area contributed by atoms with Crippen LogP contribution in [0.25, 0.3) is 66.8 Å². The van der Waals surface area contributed by atoms with Crippen molar-refractivity contribution in [1.82, 2.24) is 0 Å². The van der Waals surface area contributed by atoms with Crippen LogP contribution in [-0.4, -0.2) is 35.5 Å². The summed E-state index contributed by atoms with van der Waals surface area (Å²) in [6, 6.07) is 50.2. The minimum Gasteiger partial charge on any atom is -0.497 e. The van der Waals surface area contributed by atoms with E-state index < -0.39 is 0 Å². The molecule has 0 fully saturated rings. The molecule has 7 aromatic carbocycles. The summed E-state index contributed by atoms with van der Waals surface area (Å²) in [7, 11) is 8.46. The molecule has 0 saturated heterocycles. The highest BCUT2D eigenvalue weighted by Crippen LogP contribution is 2.56. The smallest absolute Gasteiger partial charge is 0.118 e. The van der Waals surface area contributed by atoms with Gasteiger partial charge in [-0.05, 0) is 140 Å². The number of ether oxygens (including phenoxy) is 5. The Morgan fingerprint density at radius 2 is 0.396 bits per heavy atom. The van der Waals surface area contributed by atoms with Gasteiger partial charge in [0.2, 0.25) is 0 Å². The van der Waals surface area contributed by atoms with Crippen LogP contribution in [0.3, 0.4) is 0 Å². The first-order chi connectivity index (χ1) is 26.0. The molecule has 0 atom stereocenters. The predicted molar refractivity (Wildman–Crippen MR) is 220 cm³/mol. The molecule has 6 heteroatoms. The molecule has 7 aromatic rings. The summed E-state index contributed by atoms with van der Waals surface area (Å²) in [5.74, 6) is 3.91. The molecule has 0 saturated carbocycles. The second-order valence-corrected chi connectivity index (χ2v) is 13.3. The number of halogens is 1. The second-order valence-electron chi connectivity index (χ2n) is 12.4. The van der Waals surface area contributed by atoms with Crippen molar-refractivity contribution in [1.29, 1.82) is 0 Å². The predicted octanol–water partition coefficient (Wildman–Crippen LogP) is 12.5. The summed E-state index contributed by atoms with van der Waals surface area (Å²) >= 11 is 3.70. The molecule has 0 aliphatic rings. The fourth-order valence-corrected chi connectivity index (χ4v) is 7.15. The molecular formula is C47H39BrO5. The maximum Gasteiger partial charge on any atom is 0.118 e. The van der Waals surface area contributed by atoms with Gasteiger partial charge in [0.25, 0.3) is 0 Å². The average Bonchev–Trinajstić information content (AvgIpc) is 3.23. The van der Waals surface area contributed by atoms with E-state index in [2.05, 4.69) is 101 Å². The quantitative estimate of drug-likeness (QED) is 0.131. The topological polar surface area (TPSA) is 46.2 Å². The summed E-state index contributed by atoms with van der Waals surface area (Å²) in [6.45, 7) is 0. The van der Waals surface area contributed by atoms with Crippen LogP contribution in [-0.2, 0) is 0 Å². The molecule has 5 nitrogen and oxygen atoms in total. The van der Waals surface area contributed by atoms with Crippen LogP contribution >= 0.6 is 15.9 Å². The van der Waals surface area contributed by atoms with Crippen molar-refractivity contribution in [2.75, 3.05) is 35.5 Å². The Kier molecular flexibility index (Phi) is 10.5. The van der Waals surface area contributed by atoms with Crippen molar-refractivity contribution in [2.24, 2.45) is 0 Å². The number of hydrogen-bond acceptors (Lipinski definition) is 5. The van der Waals surface area contributed by atoms with Gasteiger partial charge in [-0.25, -0.2) is 0 Å². The molecule has 0 aromatic heterocycles. The highest BCUT2D eigenvalue weighted by Gasteiger charge is 2.29. The number of methoxy groups -OCH3 is 5. The highest BCUT2D eigenvalue weighted by molar-refractivity contribution is 9.10. The molecule has 0 radical (unpaired) electrons. The minimum absolute atomic E-state index is 0.781. The molecule has 264 valence electrons. The standard InChI is InChI=1S/C47H39BrO5/c1-49-37-20-8-31(9-21-37)43-42(30-6-18-36(48)19-7-30)44(32-10-22-38(50-2)23-11-32)46(34-14-26-40(52-4)27-15-34)47(35-16-28-41(53-5)29-17-35)45(43)33-12-24-39(51-3)25-13-33/h6-29H,1-5H3. The van der Waals surface area contributed by atoms with Crippen molar-refractivity contribution in [3.05, 3.63) is 150 Å². The fourth-order valence-electron chi connectivity index (χ4n) is 6.89. The molecule has 0 amide bonds. The third-order valence-electron chi connectivity index (χ3n) is 9.53. The van der Waals surface area contributed by atoms with Gasteiger partial charge in [-0.15, -0.1) is 0 Å². The van der Waals surface area contributed by atoms with Gasteiger partial charge in [-0.3, -0.25) is 0 Å². The maximum atomic E-state index is 5.65. The molecule has 0 unspecified atom stereocenters. The van der Waals surface area contributed by atoms with Gasteiger partial charge in [-0.1, -0.05) is 88.7 Å². The Bertz CT molecular complexity index is 2190.